The number of hydrogen-bond donors (Lipinski definition) is 2. The highest BCUT2D eigenvalue weighted by Gasteiger charge is 2.05. The number of carboxylic acid groups (broad SMARTS) is 1. The lowest BCUT2D eigenvalue weighted by Crippen LogP contribution is -2.00. The second kappa shape index (κ2) is 4.92. The Bertz CT molecular complexity index is 571. The molecule has 2 aromatic rings. The topological polar surface area (TPSA) is 57.5 Å². The molecule has 0 fully saturated rings. The number of aryl methyl sites for hydroxylation is 1. The van der Waals surface area contributed by atoms with Gasteiger partial charge in [0.1, 0.15) is 5.75 Å². The van der Waals surface area contributed by atoms with Crippen LogP contribution in [0.4, 0.5) is 0 Å². The van der Waals surface area contributed by atoms with Gasteiger partial charge in [-0.1, -0.05) is 30.3 Å². The van der Waals surface area contributed by atoms with E-state index >= 15 is 0 Å². The lowest BCUT2D eigenvalue weighted by molar-refractivity contribution is -0.136. The molecule has 0 radical (unpaired) electrons. The van der Waals surface area contributed by atoms with Crippen molar-refractivity contribution in [3.05, 3.63) is 53.6 Å². The first kappa shape index (κ1) is 12.2. The summed E-state index contributed by atoms with van der Waals surface area (Å²) in [6, 6.07) is 12.6. The molecule has 3 heteroatoms. The van der Waals surface area contributed by atoms with E-state index in [-0.39, 0.29) is 12.2 Å². The molecular weight excluding hydrogens is 228 g/mol. The third kappa shape index (κ3) is 2.69. The van der Waals surface area contributed by atoms with Crippen LogP contribution in [0.15, 0.2) is 42.5 Å². The average molecular weight is 242 g/mol. The molecule has 92 valence electrons. The summed E-state index contributed by atoms with van der Waals surface area (Å²) in [6.07, 6.45) is 0.0384. The van der Waals surface area contributed by atoms with Gasteiger partial charge in [-0.2, -0.15) is 0 Å². The van der Waals surface area contributed by atoms with Crippen LogP contribution in [0.25, 0.3) is 11.1 Å². The van der Waals surface area contributed by atoms with Gasteiger partial charge in [-0.25, -0.2) is 0 Å². The predicted octanol–water partition coefficient (Wildman–Crippen LogP) is 2.99. The standard InChI is InChI=1S/C15H14O3/c1-10-8-11(9-15(17)18)2-7-14(10)12-3-5-13(16)6-4-12/h2-8,16H,9H2,1H3,(H,17,18). The molecule has 2 rings (SSSR count). The van der Waals surface area contributed by atoms with Gasteiger partial charge in [0, 0.05) is 0 Å². The Morgan fingerprint density at radius 2 is 1.78 bits per heavy atom. The van der Waals surface area contributed by atoms with Gasteiger partial charge in [-0.3, -0.25) is 4.79 Å². The van der Waals surface area contributed by atoms with Gasteiger partial charge in [-0.05, 0) is 41.3 Å². The minimum atomic E-state index is -0.827. The second-order valence-electron chi connectivity index (χ2n) is 4.27. The Labute approximate surface area is 105 Å². The van der Waals surface area contributed by atoms with Crippen LogP contribution >= 0.6 is 0 Å². The summed E-state index contributed by atoms with van der Waals surface area (Å²) in [5.41, 5.74) is 3.87. The molecule has 0 bridgehead atoms. The van der Waals surface area contributed by atoms with Gasteiger partial charge >= 0.3 is 5.97 Å². The first-order chi connectivity index (χ1) is 8.56. The predicted molar refractivity (Wildman–Crippen MR) is 69.6 cm³/mol. The quantitative estimate of drug-likeness (QED) is 0.869. The molecule has 3 nitrogen and oxygen atoms in total. The van der Waals surface area contributed by atoms with Gasteiger partial charge in [0.15, 0.2) is 0 Å². The fourth-order valence-corrected chi connectivity index (χ4v) is 1.98. The number of phenolic OH excluding ortho intramolecular Hbond substituents is 1. The van der Waals surface area contributed by atoms with Crippen LogP contribution in [0.3, 0.4) is 0 Å². The second-order valence-corrected chi connectivity index (χ2v) is 4.27. The zero-order chi connectivity index (χ0) is 13.1. The summed E-state index contributed by atoms with van der Waals surface area (Å²) in [5, 5.41) is 18.0. The molecule has 0 spiro atoms. The Hall–Kier alpha value is -2.29. The first-order valence-electron chi connectivity index (χ1n) is 5.67. The molecule has 0 aliphatic heterocycles. The number of hydrogen-bond acceptors (Lipinski definition) is 2. The first-order valence-corrected chi connectivity index (χ1v) is 5.67. The van der Waals surface area contributed by atoms with E-state index in [1.165, 1.54) is 0 Å². The highest BCUT2D eigenvalue weighted by Crippen LogP contribution is 2.26. The highest BCUT2D eigenvalue weighted by molar-refractivity contribution is 5.72. The van der Waals surface area contributed by atoms with Gasteiger partial charge in [0.25, 0.3) is 0 Å². The molecule has 0 aliphatic carbocycles. The van der Waals surface area contributed by atoms with Crippen molar-refractivity contribution in [2.45, 2.75) is 13.3 Å². The lowest BCUT2D eigenvalue weighted by Gasteiger charge is -2.08. The van der Waals surface area contributed by atoms with E-state index in [0.717, 1.165) is 22.3 Å². The van der Waals surface area contributed by atoms with Crippen LogP contribution in [-0.2, 0) is 11.2 Å². The summed E-state index contributed by atoms with van der Waals surface area (Å²) < 4.78 is 0. The van der Waals surface area contributed by atoms with Crippen LogP contribution in [0, 0.1) is 6.92 Å². The number of carbonyl (C=O) groups is 1. The van der Waals surface area contributed by atoms with E-state index in [0.29, 0.717) is 0 Å². The van der Waals surface area contributed by atoms with Crippen LogP contribution < -0.4 is 0 Å². The van der Waals surface area contributed by atoms with Crippen molar-refractivity contribution in [3.8, 4) is 16.9 Å². The third-order valence-corrected chi connectivity index (χ3v) is 2.82. The Kier molecular flexibility index (Phi) is 3.33. The third-order valence-electron chi connectivity index (χ3n) is 2.82. The SMILES string of the molecule is Cc1cc(CC(=O)O)ccc1-c1ccc(O)cc1. The van der Waals surface area contributed by atoms with E-state index in [2.05, 4.69) is 0 Å². The average Bonchev–Trinajstić information content (AvgIpc) is 2.30. The van der Waals surface area contributed by atoms with Crippen LogP contribution in [-0.4, -0.2) is 16.2 Å². The summed E-state index contributed by atoms with van der Waals surface area (Å²) in [4.78, 5) is 10.6. The summed E-state index contributed by atoms with van der Waals surface area (Å²) in [5.74, 6) is -0.592. The molecule has 2 aromatic carbocycles. The Balaban J connectivity index is 2.35. The molecule has 18 heavy (non-hydrogen) atoms. The van der Waals surface area contributed by atoms with E-state index in [4.69, 9.17) is 5.11 Å². The van der Waals surface area contributed by atoms with E-state index in [1.54, 1.807) is 12.1 Å². The summed E-state index contributed by atoms with van der Waals surface area (Å²) >= 11 is 0. The van der Waals surface area contributed by atoms with Crippen molar-refractivity contribution >= 4 is 5.97 Å². The smallest absolute Gasteiger partial charge is 0.307 e. The molecule has 0 saturated carbocycles. The molecular formula is C15H14O3. The maximum atomic E-state index is 10.6. The number of aliphatic carboxylic acids is 1. The van der Waals surface area contributed by atoms with E-state index in [1.807, 2.05) is 37.3 Å². The van der Waals surface area contributed by atoms with Crippen molar-refractivity contribution in [2.75, 3.05) is 0 Å². The van der Waals surface area contributed by atoms with Crippen LogP contribution in [0.2, 0.25) is 0 Å². The molecule has 2 N–H and O–H groups in total. The van der Waals surface area contributed by atoms with Crippen molar-refractivity contribution in [3.63, 3.8) is 0 Å². The maximum Gasteiger partial charge on any atom is 0.307 e. The van der Waals surface area contributed by atoms with Crippen molar-refractivity contribution in [2.24, 2.45) is 0 Å². The Morgan fingerprint density at radius 1 is 1.11 bits per heavy atom. The fourth-order valence-electron chi connectivity index (χ4n) is 1.98. The lowest BCUT2D eigenvalue weighted by atomic mass is 9.97. The number of aromatic hydroxyl groups is 1. The Morgan fingerprint density at radius 3 is 2.33 bits per heavy atom. The van der Waals surface area contributed by atoms with Gasteiger partial charge in [-0.15, -0.1) is 0 Å². The molecule has 0 amide bonds. The molecule has 0 atom stereocenters. The monoisotopic (exact) mass is 242 g/mol. The number of rotatable bonds is 3. The van der Waals surface area contributed by atoms with Crippen molar-refractivity contribution < 1.29 is 15.0 Å². The van der Waals surface area contributed by atoms with Crippen LogP contribution in [0.5, 0.6) is 5.75 Å². The molecule has 0 unspecified atom stereocenters. The fraction of sp³-hybridized carbons (Fsp3) is 0.133. The largest absolute Gasteiger partial charge is 0.508 e. The molecule has 0 heterocycles. The minimum Gasteiger partial charge on any atom is -0.508 e. The highest BCUT2D eigenvalue weighted by atomic mass is 16.4. The number of phenols is 1. The van der Waals surface area contributed by atoms with E-state index < -0.39 is 5.97 Å². The van der Waals surface area contributed by atoms with Crippen LogP contribution in [0.1, 0.15) is 11.1 Å². The summed E-state index contributed by atoms with van der Waals surface area (Å²) in [6.45, 7) is 1.95. The van der Waals surface area contributed by atoms with Gasteiger partial charge in [0.05, 0.1) is 6.42 Å². The zero-order valence-corrected chi connectivity index (χ0v) is 10.1. The molecule has 0 saturated heterocycles. The maximum absolute atomic E-state index is 10.6. The molecule has 0 aromatic heterocycles. The van der Waals surface area contributed by atoms with Gasteiger partial charge in [0.2, 0.25) is 0 Å². The van der Waals surface area contributed by atoms with Crippen molar-refractivity contribution in [1.82, 2.24) is 0 Å². The normalized spacial score (nSPS) is 10.3. The summed E-state index contributed by atoms with van der Waals surface area (Å²) in [7, 11) is 0. The van der Waals surface area contributed by atoms with E-state index in [9.17, 15) is 9.90 Å². The van der Waals surface area contributed by atoms with Gasteiger partial charge < -0.3 is 10.2 Å². The zero-order valence-electron chi connectivity index (χ0n) is 10.1. The minimum absolute atomic E-state index is 0.0384. The molecule has 0 aliphatic rings. The number of carboxylic acids is 1. The number of benzene rings is 2. The van der Waals surface area contributed by atoms with Crippen molar-refractivity contribution in [1.29, 1.82) is 0 Å².